The van der Waals surface area contributed by atoms with E-state index < -0.39 is 24.1 Å². The first-order chi connectivity index (χ1) is 8.61. The van der Waals surface area contributed by atoms with E-state index in [0.29, 0.717) is 12.8 Å². The van der Waals surface area contributed by atoms with Crippen LogP contribution in [0, 0.1) is 17.8 Å². The highest BCUT2D eigenvalue weighted by molar-refractivity contribution is 5.71. The van der Waals surface area contributed by atoms with Crippen LogP contribution in [-0.2, 0) is 4.79 Å². The molecule has 0 bridgehead atoms. The quantitative estimate of drug-likeness (QED) is 0.719. The maximum absolute atomic E-state index is 11.6. The summed E-state index contributed by atoms with van der Waals surface area (Å²) in [5, 5.41) is 29.6. The van der Waals surface area contributed by atoms with Gasteiger partial charge in [0, 0.05) is 0 Å². The number of aliphatic hydroxyl groups is 2. The van der Waals surface area contributed by atoms with Gasteiger partial charge in [-0.25, -0.2) is 0 Å². The summed E-state index contributed by atoms with van der Waals surface area (Å²) in [7, 11) is 0. The first-order valence-electron chi connectivity index (χ1n) is 7.20. The number of carbonyl (C=O) groups is 1. The van der Waals surface area contributed by atoms with Crippen molar-refractivity contribution in [1.29, 1.82) is 0 Å². The van der Waals surface area contributed by atoms with E-state index in [0.717, 1.165) is 38.5 Å². The van der Waals surface area contributed by atoms with Gasteiger partial charge in [0.25, 0.3) is 0 Å². The third-order valence-electron chi connectivity index (χ3n) is 4.77. The summed E-state index contributed by atoms with van der Waals surface area (Å²) in [6, 6.07) is 0. The van der Waals surface area contributed by atoms with Crippen molar-refractivity contribution in [2.75, 3.05) is 0 Å². The fourth-order valence-corrected chi connectivity index (χ4v) is 3.80. The molecule has 0 aromatic heterocycles. The Morgan fingerprint density at radius 1 is 0.833 bits per heavy atom. The summed E-state index contributed by atoms with van der Waals surface area (Å²) >= 11 is 0. The summed E-state index contributed by atoms with van der Waals surface area (Å²) in [6.45, 7) is 0. The van der Waals surface area contributed by atoms with E-state index in [9.17, 15) is 20.1 Å². The van der Waals surface area contributed by atoms with Crippen molar-refractivity contribution in [1.82, 2.24) is 0 Å². The lowest BCUT2D eigenvalue weighted by atomic mass is 9.67. The lowest BCUT2D eigenvalue weighted by Crippen LogP contribution is -2.44. The Kier molecular flexibility index (Phi) is 4.62. The van der Waals surface area contributed by atoms with Gasteiger partial charge in [0.1, 0.15) is 0 Å². The normalized spacial score (nSPS) is 39.2. The Bertz CT molecular complexity index is 270. The average Bonchev–Trinajstić information content (AvgIpc) is 2.34. The van der Waals surface area contributed by atoms with Gasteiger partial charge in [0.05, 0.1) is 18.1 Å². The standard InChI is InChI=1S/C14H24O4/c15-11-7-3-1-5-9(11)13(14(17)18)10-6-2-4-8-12(10)16/h9-13,15-16H,1-8H2,(H,17,18). The summed E-state index contributed by atoms with van der Waals surface area (Å²) in [4.78, 5) is 11.6. The molecular weight excluding hydrogens is 232 g/mol. The van der Waals surface area contributed by atoms with Crippen molar-refractivity contribution in [3.63, 3.8) is 0 Å². The Hall–Kier alpha value is -0.610. The third-order valence-corrected chi connectivity index (χ3v) is 4.77. The van der Waals surface area contributed by atoms with E-state index in [1.807, 2.05) is 0 Å². The maximum Gasteiger partial charge on any atom is 0.307 e. The zero-order chi connectivity index (χ0) is 13.1. The van der Waals surface area contributed by atoms with Gasteiger partial charge in [-0.2, -0.15) is 0 Å². The van der Waals surface area contributed by atoms with E-state index in [1.54, 1.807) is 0 Å². The van der Waals surface area contributed by atoms with E-state index >= 15 is 0 Å². The molecule has 0 aromatic rings. The van der Waals surface area contributed by atoms with Crippen LogP contribution >= 0.6 is 0 Å². The van der Waals surface area contributed by atoms with Crippen molar-refractivity contribution in [2.45, 2.75) is 63.6 Å². The number of aliphatic hydroxyl groups excluding tert-OH is 2. The Balaban J connectivity index is 2.13. The van der Waals surface area contributed by atoms with Crippen molar-refractivity contribution >= 4 is 5.97 Å². The lowest BCUT2D eigenvalue weighted by Gasteiger charge is -2.39. The Morgan fingerprint density at radius 3 is 1.56 bits per heavy atom. The molecule has 0 radical (unpaired) electrons. The first kappa shape index (κ1) is 13.8. The zero-order valence-electron chi connectivity index (χ0n) is 10.8. The van der Waals surface area contributed by atoms with Gasteiger partial charge in [-0.05, 0) is 37.5 Å². The van der Waals surface area contributed by atoms with Gasteiger partial charge in [0.15, 0.2) is 0 Å². The molecule has 0 saturated heterocycles. The smallest absolute Gasteiger partial charge is 0.307 e. The highest BCUT2D eigenvalue weighted by Gasteiger charge is 2.43. The van der Waals surface area contributed by atoms with Crippen molar-refractivity contribution < 1.29 is 20.1 Å². The zero-order valence-corrected chi connectivity index (χ0v) is 10.8. The predicted molar refractivity (Wildman–Crippen MR) is 67.1 cm³/mol. The molecule has 3 N–H and O–H groups in total. The van der Waals surface area contributed by atoms with Crippen LogP contribution in [0.25, 0.3) is 0 Å². The second kappa shape index (κ2) is 6.02. The van der Waals surface area contributed by atoms with Crippen LogP contribution in [0.4, 0.5) is 0 Å². The molecule has 4 heteroatoms. The molecule has 104 valence electrons. The maximum atomic E-state index is 11.6. The largest absolute Gasteiger partial charge is 0.481 e. The number of carboxylic acid groups (broad SMARTS) is 1. The molecule has 0 aliphatic heterocycles. The molecule has 2 rings (SSSR count). The first-order valence-corrected chi connectivity index (χ1v) is 7.20. The Labute approximate surface area is 108 Å². The number of hydrogen-bond acceptors (Lipinski definition) is 3. The number of aliphatic carboxylic acids is 1. The molecule has 0 amide bonds. The number of hydrogen-bond donors (Lipinski definition) is 3. The minimum atomic E-state index is -0.841. The fraction of sp³-hybridized carbons (Fsp3) is 0.929. The molecule has 0 aromatic carbocycles. The van der Waals surface area contributed by atoms with Crippen LogP contribution < -0.4 is 0 Å². The second-order valence-electron chi connectivity index (χ2n) is 5.90. The molecule has 2 aliphatic rings. The molecule has 4 unspecified atom stereocenters. The van der Waals surface area contributed by atoms with Gasteiger partial charge in [-0.15, -0.1) is 0 Å². The van der Waals surface area contributed by atoms with Crippen LogP contribution in [0.15, 0.2) is 0 Å². The predicted octanol–water partition coefficient (Wildman–Crippen LogP) is 1.79. The number of rotatable bonds is 3. The average molecular weight is 256 g/mol. The minimum absolute atomic E-state index is 0.172. The molecule has 2 fully saturated rings. The number of carboxylic acids is 1. The lowest BCUT2D eigenvalue weighted by molar-refractivity contribution is -0.153. The van der Waals surface area contributed by atoms with Gasteiger partial charge >= 0.3 is 5.97 Å². The summed E-state index contributed by atoms with van der Waals surface area (Å²) in [5.41, 5.74) is 0. The van der Waals surface area contributed by atoms with Gasteiger partial charge in [-0.3, -0.25) is 4.79 Å². The second-order valence-corrected chi connectivity index (χ2v) is 5.90. The monoisotopic (exact) mass is 256 g/mol. The Morgan fingerprint density at radius 2 is 1.22 bits per heavy atom. The molecule has 18 heavy (non-hydrogen) atoms. The van der Waals surface area contributed by atoms with Crippen molar-refractivity contribution in [2.24, 2.45) is 17.8 Å². The van der Waals surface area contributed by atoms with Crippen LogP contribution in [-0.4, -0.2) is 33.5 Å². The highest BCUT2D eigenvalue weighted by atomic mass is 16.4. The molecule has 4 nitrogen and oxygen atoms in total. The van der Waals surface area contributed by atoms with Gasteiger partial charge < -0.3 is 15.3 Å². The SMILES string of the molecule is O=C(O)C(C1CCCCC1O)C1CCCCC1O. The van der Waals surface area contributed by atoms with Gasteiger partial charge in [0.2, 0.25) is 0 Å². The van der Waals surface area contributed by atoms with Gasteiger partial charge in [-0.1, -0.05) is 25.7 Å². The molecule has 0 heterocycles. The molecule has 0 spiro atoms. The molecular formula is C14H24O4. The highest BCUT2D eigenvalue weighted by Crippen LogP contribution is 2.40. The summed E-state index contributed by atoms with van der Waals surface area (Å²) in [5.74, 6) is -1.76. The fourth-order valence-electron chi connectivity index (χ4n) is 3.80. The minimum Gasteiger partial charge on any atom is -0.481 e. The summed E-state index contributed by atoms with van der Waals surface area (Å²) < 4.78 is 0. The molecule has 4 atom stereocenters. The summed E-state index contributed by atoms with van der Waals surface area (Å²) in [6.07, 6.45) is 5.91. The van der Waals surface area contributed by atoms with Crippen LogP contribution in [0.2, 0.25) is 0 Å². The molecule has 2 aliphatic carbocycles. The van der Waals surface area contributed by atoms with E-state index in [-0.39, 0.29) is 11.8 Å². The van der Waals surface area contributed by atoms with E-state index in [1.165, 1.54) is 0 Å². The van der Waals surface area contributed by atoms with Crippen molar-refractivity contribution in [3.05, 3.63) is 0 Å². The van der Waals surface area contributed by atoms with Crippen LogP contribution in [0.1, 0.15) is 51.4 Å². The van der Waals surface area contributed by atoms with Crippen LogP contribution in [0.5, 0.6) is 0 Å². The van der Waals surface area contributed by atoms with Crippen molar-refractivity contribution in [3.8, 4) is 0 Å². The third kappa shape index (κ3) is 2.86. The van der Waals surface area contributed by atoms with Crippen LogP contribution in [0.3, 0.4) is 0 Å². The topological polar surface area (TPSA) is 77.8 Å². The van der Waals surface area contributed by atoms with E-state index in [2.05, 4.69) is 0 Å². The van der Waals surface area contributed by atoms with E-state index in [4.69, 9.17) is 0 Å². The molecule has 2 saturated carbocycles.